The Morgan fingerprint density at radius 2 is 1.57 bits per heavy atom. The van der Waals surface area contributed by atoms with Gasteiger partial charge in [-0.15, -0.1) is 0 Å². The van der Waals surface area contributed by atoms with Crippen molar-refractivity contribution in [2.75, 3.05) is 38.6 Å². The first-order valence-electron chi connectivity index (χ1n) is 9.25. The van der Waals surface area contributed by atoms with E-state index in [1.54, 1.807) is 34.1 Å². The van der Waals surface area contributed by atoms with Crippen LogP contribution in [0.4, 0.5) is 15.3 Å². The fourth-order valence-electron chi connectivity index (χ4n) is 2.92. The summed E-state index contributed by atoms with van der Waals surface area (Å²) in [6.45, 7) is 5.52. The van der Waals surface area contributed by atoms with Crippen LogP contribution in [0.15, 0.2) is 24.3 Å². The number of halogens is 1. The van der Waals surface area contributed by atoms with Crippen LogP contribution in [0.5, 0.6) is 0 Å². The van der Waals surface area contributed by atoms with Crippen LogP contribution in [-0.2, 0) is 9.53 Å². The number of amides is 4. The Labute approximate surface area is 170 Å². The van der Waals surface area contributed by atoms with Gasteiger partial charge in [0.25, 0.3) is 0 Å². The van der Waals surface area contributed by atoms with Gasteiger partial charge in [0.05, 0.1) is 7.11 Å². The van der Waals surface area contributed by atoms with Crippen molar-refractivity contribution in [3.05, 3.63) is 29.3 Å². The maximum Gasteiger partial charge on any atom is 0.328 e. The van der Waals surface area contributed by atoms with Gasteiger partial charge in [-0.1, -0.05) is 25.4 Å². The van der Waals surface area contributed by atoms with Gasteiger partial charge in [0.15, 0.2) is 0 Å². The molecule has 1 aliphatic heterocycles. The van der Waals surface area contributed by atoms with Crippen LogP contribution in [0.1, 0.15) is 20.3 Å². The van der Waals surface area contributed by atoms with Gasteiger partial charge in [-0.3, -0.25) is 0 Å². The molecule has 0 aliphatic carbocycles. The number of anilines is 1. The van der Waals surface area contributed by atoms with Crippen molar-refractivity contribution in [2.24, 2.45) is 5.92 Å². The second kappa shape index (κ2) is 10.2. The van der Waals surface area contributed by atoms with Crippen LogP contribution in [-0.4, -0.2) is 67.2 Å². The fourth-order valence-corrected chi connectivity index (χ4v) is 3.04. The van der Waals surface area contributed by atoms with Crippen LogP contribution in [0.3, 0.4) is 0 Å². The summed E-state index contributed by atoms with van der Waals surface area (Å²) in [5.41, 5.74) is 0.657. The third kappa shape index (κ3) is 6.30. The molecule has 1 fully saturated rings. The summed E-state index contributed by atoms with van der Waals surface area (Å²) in [5.74, 6) is -0.221. The number of esters is 1. The number of urea groups is 2. The van der Waals surface area contributed by atoms with Crippen LogP contribution in [0, 0.1) is 5.92 Å². The molecule has 1 aromatic rings. The number of benzene rings is 1. The van der Waals surface area contributed by atoms with Crippen molar-refractivity contribution in [2.45, 2.75) is 26.3 Å². The molecule has 1 aromatic carbocycles. The highest BCUT2D eigenvalue weighted by molar-refractivity contribution is 6.30. The maximum absolute atomic E-state index is 12.5. The Morgan fingerprint density at radius 1 is 1.04 bits per heavy atom. The maximum atomic E-state index is 12.5. The first kappa shape index (κ1) is 21.8. The number of hydrogen-bond donors (Lipinski definition) is 2. The smallest absolute Gasteiger partial charge is 0.328 e. The summed E-state index contributed by atoms with van der Waals surface area (Å²) in [4.78, 5) is 40.0. The molecule has 0 radical (unpaired) electrons. The third-order valence-electron chi connectivity index (χ3n) is 4.44. The van der Waals surface area contributed by atoms with Crippen molar-refractivity contribution in [3.63, 3.8) is 0 Å². The minimum atomic E-state index is -0.677. The number of ether oxygens (including phenoxy) is 1. The highest BCUT2D eigenvalue weighted by Gasteiger charge is 2.28. The molecule has 1 atom stereocenters. The SMILES string of the molecule is COC(=O)[C@H](CC(C)C)NC(=O)N1CCN(C(=O)Nc2ccc(Cl)cc2)CC1. The lowest BCUT2D eigenvalue weighted by Crippen LogP contribution is -2.56. The average Bonchev–Trinajstić information content (AvgIpc) is 2.68. The Hall–Kier alpha value is -2.48. The molecule has 2 N–H and O–H groups in total. The molecule has 154 valence electrons. The van der Waals surface area contributed by atoms with E-state index in [1.165, 1.54) is 7.11 Å². The Balaban J connectivity index is 1.84. The quantitative estimate of drug-likeness (QED) is 0.730. The zero-order valence-corrected chi connectivity index (χ0v) is 17.2. The summed E-state index contributed by atoms with van der Waals surface area (Å²) >= 11 is 5.84. The highest BCUT2D eigenvalue weighted by atomic mass is 35.5. The molecule has 0 spiro atoms. The predicted octanol–water partition coefficient (Wildman–Crippen LogP) is 2.79. The predicted molar refractivity (Wildman–Crippen MR) is 107 cm³/mol. The molecule has 0 bridgehead atoms. The second-order valence-corrected chi connectivity index (χ2v) is 7.50. The molecule has 28 heavy (non-hydrogen) atoms. The topological polar surface area (TPSA) is 91.0 Å². The summed E-state index contributed by atoms with van der Waals surface area (Å²) in [7, 11) is 1.31. The normalized spacial score (nSPS) is 15.2. The van der Waals surface area contributed by atoms with Crippen molar-refractivity contribution in [1.82, 2.24) is 15.1 Å². The summed E-state index contributed by atoms with van der Waals surface area (Å²) in [6.07, 6.45) is 0.502. The standard InChI is InChI=1S/C19H27ClN4O4/c1-13(2)12-16(17(25)28-3)22-19(27)24-10-8-23(9-11-24)18(26)21-15-6-4-14(20)5-7-15/h4-7,13,16H,8-12H2,1-3H3,(H,21,26)(H,22,27)/t16-/m0/s1. The molecule has 1 aliphatic rings. The van der Waals surface area contributed by atoms with E-state index < -0.39 is 12.0 Å². The van der Waals surface area contributed by atoms with E-state index in [0.717, 1.165) is 0 Å². The van der Waals surface area contributed by atoms with Gasteiger partial charge in [-0.05, 0) is 36.6 Å². The van der Waals surface area contributed by atoms with Crippen molar-refractivity contribution < 1.29 is 19.1 Å². The van der Waals surface area contributed by atoms with E-state index >= 15 is 0 Å². The lowest BCUT2D eigenvalue weighted by molar-refractivity contribution is -0.143. The number of carbonyl (C=O) groups excluding carboxylic acids is 3. The Morgan fingerprint density at radius 3 is 2.07 bits per heavy atom. The number of nitrogens with zero attached hydrogens (tertiary/aromatic N) is 2. The summed E-state index contributed by atoms with van der Waals surface area (Å²) < 4.78 is 4.77. The largest absolute Gasteiger partial charge is 0.467 e. The van der Waals surface area contributed by atoms with E-state index in [0.29, 0.717) is 43.3 Å². The molecular weight excluding hydrogens is 384 g/mol. The summed E-state index contributed by atoms with van der Waals surface area (Å²) in [6, 6.07) is 5.63. The van der Waals surface area contributed by atoms with Gasteiger partial charge >= 0.3 is 18.0 Å². The fraction of sp³-hybridized carbons (Fsp3) is 0.526. The molecule has 0 saturated carbocycles. The van der Waals surface area contributed by atoms with Gasteiger partial charge in [-0.2, -0.15) is 0 Å². The van der Waals surface area contributed by atoms with Crippen LogP contribution < -0.4 is 10.6 Å². The van der Waals surface area contributed by atoms with Gasteiger partial charge in [0.1, 0.15) is 6.04 Å². The lowest BCUT2D eigenvalue weighted by atomic mass is 10.0. The van der Waals surface area contributed by atoms with E-state index in [1.807, 2.05) is 13.8 Å². The van der Waals surface area contributed by atoms with Gasteiger partial charge in [-0.25, -0.2) is 14.4 Å². The molecule has 2 rings (SSSR count). The molecule has 4 amide bonds. The molecule has 0 aromatic heterocycles. The monoisotopic (exact) mass is 410 g/mol. The van der Waals surface area contributed by atoms with Crippen molar-refractivity contribution >= 4 is 35.3 Å². The molecule has 8 nitrogen and oxygen atoms in total. The Bertz CT molecular complexity index is 688. The molecule has 1 heterocycles. The number of piperazine rings is 1. The van der Waals surface area contributed by atoms with Crippen LogP contribution in [0.25, 0.3) is 0 Å². The summed E-state index contributed by atoms with van der Waals surface area (Å²) in [5, 5.41) is 6.14. The average molecular weight is 411 g/mol. The van der Waals surface area contributed by atoms with Crippen molar-refractivity contribution in [1.29, 1.82) is 0 Å². The van der Waals surface area contributed by atoms with E-state index in [4.69, 9.17) is 16.3 Å². The number of rotatable bonds is 5. The third-order valence-corrected chi connectivity index (χ3v) is 4.69. The van der Waals surface area contributed by atoms with E-state index in [-0.39, 0.29) is 18.0 Å². The number of nitrogens with one attached hydrogen (secondary N) is 2. The van der Waals surface area contributed by atoms with Crippen LogP contribution in [0.2, 0.25) is 5.02 Å². The van der Waals surface area contributed by atoms with Gasteiger partial charge in [0.2, 0.25) is 0 Å². The molecule has 1 saturated heterocycles. The van der Waals surface area contributed by atoms with Crippen LogP contribution >= 0.6 is 11.6 Å². The first-order chi connectivity index (χ1) is 13.3. The Kier molecular flexibility index (Phi) is 7.92. The zero-order valence-electron chi connectivity index (χ0n) is 16.4. The molecule has 0 unspecified atom stereocenters. The highest BCUT2D eigenvalue weighted by Crippen LogP contribution is 2.14. The van der Waals surface area contributed by atoms with E-state index in [2.05, 4.69) is 10.6 Å². The molecule has 9 heteroatoms. The van der Waals surface area contributed by atoms with Gasteiger partial charge < -0.3 is 25.2 Å². The first-order valence-corrected chi connectivity index (χ1v) is 9.62. The number of methoxy groups -OCH3 is 1. The minimum Gasteiger partial charge on any atom is -0.467 e. The second-order valence-electron chi connectivity index (χ2n) is 7.07. The lowest BCUT2D eigenvalue weighted by Gasteiger charge is -2.35. The van der Waals surface area contributed by atoms with Crippen molar-refractivity contribution in [3.8, 4) is 0 Å². The van der Waals surface area contributed by atoms with E-state index in [9.17, 15) is 14.4 Å². The number of hydrogen-bond acceptors (Lipinski definition) is 4. The van der Waals surface area contributed by atoms with Gasteiger partial charge in [0, 0.05) is 36.9 Å². The molecular formula is C19H27ClN4O4. The zero-order chi connectivity index (χ0) is 20.7. The minimum absolute atomic E-state index is 0.227. The number of carbonyl (C=O) groups is 3.